The van der Waals surface area contributed by atoms with Crippen LogP contribution in [-0.4, -0.2) is 36.6 Å². The van der Waals surface area contributed by atoms with Crippen molar-refractivity contribution in [3.63, 3.8) is 0 Å². The second kappa shape index (κ2) is 4.91. The summed E-state index contributed by atoms with van der Waals surface area (Å²) in [5.41, 5.74) is -0.829. The highest BCUT2D eigenvalue weighted by Crippen LogP contribution is 2.40. The normalized spacial score (nSPS) is 30.2. The van der Waals surface area contributed by atoms with Gasteiger partial charge < -0.3 is 0 Å². The third kappa shape index (κ3) is 3.98. The number of hydrogen-bond acceptors (Lipinski definition) is 4. The van der Waals surface area contributed by atoms with E-state index in [2.05, 4.69) is 0 Å². The first kappa shape index (κ1) is 15.0. The van der Waals surface area contributed by atoms with E-state index in [0.29, 0.717) is 5.75 Å². The Balaban J connectivity index is 2.60. The molecule has 0 N–H and O–H groups in total. The van der Waals surface area contributed by atoms with Gasteiger partial charge in [0.15, 0.2) is 8.87 Å². The number of hydroxylamine groups is 2. The van der Waals surface area contributed by atoms with Crippen molar-refractivity contribution in [1.82, 2.24) is 5.06 Å². The molecule has 99 valence electrons. The molecule has 1 fully saturated rings. The Bertz CT molecular complexity index is 403. The Morgan fingerprint density at radius 2 is 1.88 bits per heavy atom. The molecular formula is C11H20NO3S2. The van der Waals surface area contributed by atoms with Crippen molar-refractivity contribution >= 4 is 19.7 Å². The first-order valence-corrected chi connectivity index (χ1v) is 8.96. The van der Waals surface area contributed by atoms with Gasteiger partial charge in [0, 0.05) is 17.5 Å². The summed E-state index contributed by atoms with van der Waals surface area (Å²) in [5, 5.41) is 13.2. The third-order valence-electron chi connectivity index (χ3n) is 3.11. The predicted octanol–water partition coefficient (Wildman–Crippen LogP) is 2.21. The van der Waals surface area contributed by atoms with Crippen LogP contribution >= 0.6 is 10.8 Å². The van der Waals surface area contributed by atoms with Gasteiger partial charge in [-0.2, -0.15) is 0 Å². The highest BCUT2D eigenvalue weighted by molar-refractivity contribution is 8.71. The molecule has 0 spiro atoms. The molecule has 17 heavy (non-hydrogen) atoms. The van der Waals surface area contributed by atoms with E-state index >= 15 is 0 Å². The van der Waals surface area contributed by atoms with E-state index in [1.165, 1.54) is 6.26 Å². The van der Waals surface area contributed by atoms with Crippen molar-refractivity contribution in [2.45, 2.75) is 44.7 Å². The molecule has 1 heterocycles. The van der Waals surface area contributed by atoms with Crippen LogP contribution < -0.4 is 0 Å². The Hall–Kier alpha value is -0.0400. The molecule has 0 saturated carbocycles. The maximum Gasteiger partial charge on any atom is 0.198 e. The van der Waals surface area contributed by atoms with E-state index in [1.54, 1.807) is 6.08 Å². The average Bonchev–Trinajstić information content (AvgIpc) is 2.37. The molecule has 4 nitrogen and oxygen atoms in total. The van der Waals surface area contributed by atoms with Crippen LogP contribution in [0.4, 0.5) is 0 Å². The molecule has 0 aliphatic carbocycles. The largest absolute Gasteiger partial charge is 0.218 e. The molecule has 1 aliphatic heterocycles. The van der Waals surface area contributed by atoms with Crippen molar-refractivity contribution in [3.05, 3.63) is 12.2 Å². The molecule has 1 atom stereocenters. The van der Waals surface area contributed by atoms with E-state index in [0.717, 1.165) is 28.7 Å². The molecule has 0 aromatic rings. The van der Waals surface area contributed by atoms with E-state index in [1.807, 2.05) is 26.8 Å². The molecular weight excluding hydrogens is 258 g/mol. The first-order chi connectivity index (χ1) is 7.57. The lowest BCUT2D eigenvalue weighted by atomic mass is 9.99. The molecule has 6 heteroatoms. The lowest BCUT2D eigenvalue weighted by Gasteiger charge is -2.32. The van der Waals surface area contributed by atoms with Gasteiger partial charge >= 0.3 is 0 Å². The number of rotatable bonds is 4. The van der Waals surface area contributed by atoms with Crippen molar-refractivity contribution in [2.75, 3.05) is 12.0 Å². The molecule has 1 aliphatic rings. The van der Waals surface area contributed by atoms with Crippen molar-refractivity contribution in [3.8, 4) is 0 Å². The van der Waals surface area contributed by atoms with Crippen LogP contribution in [0, 0.1) is 0 Å². The Morgan fingerprint density at radius 3 is 2.29 bits per heavy atom. The molecule has 0 bridgehead atoms. The quantitative estimate of drug-likeness (QED) is 0.584. The minimum atomic E-state index is -3.00. The molecule has 0 amide bonds. The smallest absolute Gasteiger partial charge is 0.198 e. The Morgan fingerprint density at radius 1 is 1.29 bits per heavy atom. The van der Waals surface area contributed by atoms with Gasteiger partial charge in [-0.1, -0.05) is 12.2 Å². The molecule has 1 unspecified atom stereocenters. The summed E-state index contributed by atoms with van der Waals surface area (Å²) < 4.78 is 21.9. The molecule has 1 radical (unpaired) electrons. The summed E-state index contributed by atoms with van der Waals surface area (Å²) in [5.74, 6) is 0.392. The van der Waals surface area contributed by atoms with Crippen LogP contribution in [0.15, 0.2) is 12.2 Å². The SMILES string of the molecule is CC1(C)CCC(C)(/C=C/CSS(C)(=O)=O)N1[O]. The summed E-state index contributed by atoms with van der Waals surface area (Å²) in [6.07, 6.45) is 6.47. The van der Waals surface area contributed by atoms with Gasteiger partial charge in [-0.05, 0) is 44.4 Å². The minimum absolute atomic E-state index is 0.330. The van der Waals surface area contributed by atoms with E-state index in [4.69, 9.17) is 0 Å². The maximum absolute atomic E-state index is 12.1. The van der Waals surface area contributed by atoms with Crippen LogP contribution in [-0.2, 0) is 14.1 Å². The molecule has 1 saturated heterocycles. The van der Waals surface area contributed by atoms with Crippen LogP contribution in [0.3, 0.4) is 0 Å². The zero-order chi connectivity index (χ0) is 13.3. The summed E-state index contributed by atoms with van der Waals surface area (Å²) >= 11 is 0. The summed E-state index contributed by atoms with van der Waals surface area (Å²) in [6, 6.07) is 0. The highest BCUT2D eigenvalue weighted by atomic mass is 33.1. The van der Waals surface area contributed by atoms with Gasteiger partial charge in [0.1, 0.15) is 0 Å². The van der Waals surface area contributed by atoms with Crippen LogP contribution in [0.5, 0.6) is 0 Å². The fourth-order valence-electron chi connectivity index (χ4n) is 2.07. The van der Waals surface area contributed by atoms with Crippen LogP contribution in [0.2, 0.25) is 0 Å². The zero-order valence-electron chi connectivity index (χ0n) is 10.8. The van der Waals surface area contributed by atoms with Crippen molar-refractivity contribution in [1.29, 1.82) is 0 Å². The van der Waals surface area contributed by atoms with Crippen molar-refractivity contribution < 1.29 is 13.6 Å². The van der Waals surface area contributed by atoms with Gasteiger partial charge in [-0.3, -0.25) is 0 Å². The first-order valence-electron chi connectivity index (χ1n) is 5.56. The van der Waals surface area contributed by atoms with Crippen LogP contribution in [0.25, 0.3) is 0 Å². The zero-order valence-corrected chi connectivity index (χ0v) is 12.4. The lowest BCUT2D eigenvalue weighted by molar-refractivity contribution is -0.236. The standard InChI is InChI=1S/C11H20NO3S2/c1-10(2)7-8-11(3,12(10)13)6-5-9-16-17(4,14)15/h5-6H,7-9H2,1-4H3/b6-5+. The Labute approximate surface area is 107 Å². The highest BCUT2D eigenvalue weighted by Gasteiger charge is 2.46. The topological polar surface area (TPSA) is 57.3 Å². The number of hydrogen-bond donors (Lipinski definition) is 0. The fraction of sp³-hybridized carbons (Fsp3) is 0.818. The van der Waals surface area contributed by atoms with Gasteiger partial charge in [0.05, 0.1) is 5.54 Å². The third-order valence-corrected chi connectivity index (χ3v) is 5.56. The monoisotopic (exact) mass is 278 g/mol. The molecule has 0 aromatic carbocycles. The van der Waals surface area contributed by atoms with Gasteiger partial charge in [0.25, 0.3) is 0 Å². The Kier molecular flexibility index (Phi) is 4.34. The second-order valence-corrected chi connectivity index (χ2v) is 9.86. The predicted molar refractivity (Wildman–Crippen MR) is 70.7 cm³/mol. The summed E-state index contributed by atoms with van der Waals surface area (Å²) in [4.78, 5) is 0. The van der Waals surface area contributed by atoms with Gasteiger partial charge in [0.2, 0.25) is 0 Å². The average molecular weight is 278 g/mol. The second-order valence-electron chi connectivity index (χ2n) is 5.35. The maximum atomic E-state index is 12.1. The van der Waals surface area contributed by atoms with E-state index in [-0.39, 0.29) is 5.54 Å². The minimum Gasteiger partial charge on any atom is -0.218 e. The number of nitrogens with zero attached hydrogens (tertiary/aromatic N) is 1. The van der Waals surface area contributed by atoms with E-state index < -0.39 is 14.4 Å². The summed E-state index contributed by atoms with van der Waals surface area (Å²) in [7, 11) is -2.12. The van der Waals surface area contributed by atoms with E-state index in [9.17, 15) is 13.6 Å². The summed E-state index contributed by atoms with van der Waals surface area (Å²) in [6.45, 7) is 5.77. The van der Waals surface area contributed by atoms with Gasteiger partial charge in [-0.15, -0.1) is 10.3 Å². The molecule has 1 rings (SSSR count). The van der Waals surface area contributed by atoms with Crippen LogP contribution in [0.1, 0.15) is 33.6 Å². The van der Waals surface area contributed by atoms with Crippen molar-refractivity contribution in [2.24, 2.45) is 0 Å². The van der Waals surface area contributed by atoms with Gasteiger partial charge in [-0.25, -0.2) is 8.42 Å². The fourth-order valence-corrected chi connectivity index (χ4v) is 3.47. The molecule has 0 aromatic heterocycles. The lowest BCUT2D eigenvalue weighted by Crippen LogP contribution is -2.45.